The van der Waals surface area contributed by atoms with Gasteiger partial charge in [-0.05, 0) is 46.1 Å². The van der Waals surface area contributed by atoms with E-state index in [-0.39, 0.29) is 12.5 Å². The topological polar surface area (TPSA) is 80.6 Å². The van der Waals surface area contributed by atoms with E-state index in [4.69, 9.17) is 9.84 Å². The molecule has 0 unspecified atom stereocenters. The molecule has 23 heavy (non-hydrogen) atoms. The van der Waals surface area contributed by atoms with Gasteiger partial charge in [-0.2, -0.15) is 0 Å². The number of nitrogens with one attached hydrogen (secondary N) is 1. The van der Waals surface area contributed by atoms with E-state index >= 15 is 0 Å². The number of carbonyl (C=O) groups excluding carboxylic acids is 1. The van der Waals surface area contributed by atoms with Crippen molar-refractivity contribution >= 4 is 27.8 Å². The van der Waals surface area contributed by atoms with Crippen molar-refractivity contribution in [1.29, 1.82) is 0 Å². The average molecular weight is 381 g/mol. The van der Waals surface area contributed by atoms with Gasteiger partial charge >= 0.3 is 5.97 Å². The molecule has 2 rings (SSSR count). The maximum absolute atomic E-state index is 12.0. The minimum atomic E-state index is -1.01. The predicted molar refractivity (Wildman–Crippen MR) is 88.7 cm³/mol. The van der Waals surface area contributed by atoms with E-state index in [1.807, 2.05) is 25.4 Å². The Morgan fingerprint density at radius 2 is 2.00 bits per heavy atom. The average Bonchev–Trinajstić information content (AvgIpc) is 2.85. The molecule has 0 aliphatic rings. The molecule has 0 saturated heterocycles. The summed E-state index contributed by atoms with van der Waals surface area (Å²) in [7, 11) is 1.82. The molecule has 0 aliphatic heterocycles. The lowest BCUT2D eigenvalue weighted by Gasteiger charge is -2.07. The molecular formula is C16H17BrN2O4. The maximum atomic E-state index is 12.0. The Bertz CT molecular complexity index is 695. The molecule has 122 valence electrons. The highest BCUT2D eigenvalue weighted by molar-refractivity contribution is 9.10. The molecule has 0 radical (unpaired) electrons. The van der Waals surface area contributed by atoms with Gasteiger partial charge in [0, 0.05) is 24.3 Å². The van der Waals surface area contributed by atoms with Crippen molar-refractivity contribution in [3.05, 3.63) is 52.3 Å². The monoisotopic (exact) mass is 380 g/mol. The molecule has 2 N–H and O–H groups in total. The van der Waals surface area contributed by atoms with Gasteiger partial charge in [0.25, 0.3) is 5.91 Å². The van der Waals surface area contributed by atoms with Crippen LogP contribution in [0, 0.1) is 0 Å². The fourth-order valence-electron chi connectivity index (χ4n) is 2.06. The van der Waals surface area contributed by atoms with Crippen molar-refractivity contribution in [1.82, 2.24) is 9.88 Å². The van der Waals surface area contributed by atoms with Crippen LogP contribution in [-0.4, -0.2) is 34.7 Å². The van der Waals surface area contributed by atoms with E-state index in [0.29, 0.717) is 24.4 Å². The number of carboxylic acids is 1. The number of aryl methyl sites for hydroxylation is 1. The van der Waals surface area contributed by atoms with E-state index in [9.17, 15) is 9.59 Å². The van der Waals surface area contributed by atoms with Crippen LogP contribution in [0.5, 0.6) is 5.75 Å². The van der Waals surface area contributed by atoms with Crippen LogP contribution < -0.4 is 10.1 Å². The van der Waals surface area contributed by atoms with Crippen LogP contribution in [0.4, 0.5) is 0 Å². The quantitative estimate of drug-likeness (QED) is 0.771. The molecule has 1 aromatic heterocycles. The first-order valence-electron chi connectivity index (χ1n) is 6.99. The van der Waals surface area contributed by atoms with Gasteiger partial charge in [-0.15, -0.1) is 0 Å². The van der Waals surface area contributed by atoms with Crippen LogP contribution in [0.15, 0.2) is 41.0 Å². The fourth-order valence-corrected chi connectivity index (χ4v) is 2.58. The van der Waals surface area contributed by atoms with Crippen molar-refractivity contribution in [3.8, 4) is 5.75 Å². The minimum absolute atomic E-state index is 0.125. The second-order valence-corrected chi connectivity index (χ2v) is 5.90. The number of hydrogen-bond acceptors (Lipinski definition) is 3. The van der Waals surface area contributed by atoms with Gasteiger partial charge in [-0.1, -0.05) is 12.1 Å². The first kappa shape index (κ1) is 17.1. The number of nitrogens with zero attached hydrogens (tertiary/aromatic N) is 1. The summed E-state index contributed by atoms with van der Waals surface area (Å²) in [5, 5.41) is 11.4. The first-order chi connectivity index (χ1) is 11.0. The summed E-state index contributed by atoms with van der Waals surface area (Å²) in [4.78, 5) is 22.5. The van der Waals surface area contributed by atoms with Crippen molar-refractivity contribution in [2.75, 3.05) is 13.2 Å². The van der Waals surface area contributed by atoms with Gasteiger partial charge in [-0.25, -0.2) is 4.79 Å². The molecule has 0 fully saturated rings. The summed E-state index contributed by atoms with van der Waals surface area (Å²) in [5.41, 5.74) is 1.62. The molecule has 2 aromatic rings. The Kier molecular flexibility index (Phi) is 5.81. The summed E-state index contributed by atoms with van der Waals surface area (Å²) in [6.45, 7) is 0.151. The first-order valence-corrected chi connectivity index (χ1v) is 7.78. The van der Waals surface area contributed by atoms with Gasteiger partial charge in [0.05, 0.1) is 0 Å². The summed E-state index contributed by atoms with van der Waals surface area (Å²) >= 11 is 3.34. The van der Waals surface area contributed by atoms with Crippen LogP contribution in [0.25, 0.3) is 0 Å². The SMILES string of the molecule is Cn1cc(Br)cc1C(=O)NCCc1ccc(OCC(=O)O)cc1. The van der Waals surface area contributed by atoms with Crippen LogP contribution in [-0.2, 0) is 18.3 Å². The molecule has 6 nitrogen and oxygen atoms in total. The maximum Gasteiger partial charge on any atom is 0.341 e. The van der Waals surface area contributed by atoms with Gasteiger partial charge < -0.3 is 19.7 Å². The highest BCUT2D eigenvalue weighted by atomic mass is 79.9. The molecule has 1 amide bonds. The lowest BCUT2D eigenvalue weighted by Crippen LogP contribution is -2.27. The second-order valence-electron chi connectivity index (χ2n) is 4.99. The summed E-state index contributed by atoms with van der Waals surface area (Å²) in [6, 6.07) is 8.90. The van der Waals surface area contributed by atoms with Crippen molar-refractivity contribution in [2.24, 2.45) is 7.05 Å². The second kappa shape index (κ2) is 7.82. The van der Waals surface area contributed by atoms with Crippen molar-refractivity contribution in [3.63, 3.8) is 0 Å². The van der Waals surface area contributed by atoms with E-state index in [1.165, 1.54) is 0 Å². The molecule has 1 heterocycles. The largest absolute Gasteiger partial charge is 0.482 e. The Morgan fingerprint density at radius 1 is 1.30 bits per heavy atom. The van der Waals surface area contributed by atoms with Crippen LogP contribution in [0.3, 0.4) is 0 Å². The molecule has 0 bridgehead atoms. The highest BCUT2D eigenvalue weighted by Crippen LogP contribution is 2.14. The number of benzene rings is 1. The van der Waals surface area contributed by atoms with Gasteiger partial charge in [-0.3, -0.25) is 4.79 Å². The van der Waals surface area contributed by atoms with Gasteiger partial charge in [0.1, 0.15) is 11.4 Å². The zero-order valence-electron chi connectivity index (χ0n) is 12.6. The Hall–Kier alpha value is -2.28. The van der Waals surface area contributed by atoms with Gasteiger partial charge in [0.15, 0.2) is 6.61 Å². The normalized spacial score (nSPS) is 10.3. The van der Waals surface area contributed by atoms with Crippen LogP contribution >= 0.6 is 15.9 Å². The minimum Gasteiger partial charge on any atom is -0.482 e. The molecule has 1 aromatic carbocycles. The smallest absolute Gasteiger partial charge is 0.341 e. The number of carboxylic acid groups (broad SMARTS) is 1. The van der Waals surface area contributed by atoms with Crippen molar-refractivity contribution < 1.29 is 19.4 Å². The third-order valence-corrected chi connectivity index (χ3v) is 3.62. The number of ether oxygens (including phenoxy) is 1. The number of aromatic nitrogens is 1. The zero-order chi connectivity index (χ0) is 16.8. The fraction of sp³-hybridized carbons (Fsp3) is 0.250. The third-order valence-electron chi connectivity index (χ3n) is 3.19. The Morgan fingerprint density at radius 3 is 2.57 bits per heavy atom. The summed E-state index contributed by atoms with van der Waals surface area (Å²) < 4.78 is 7.68. The molecule has 0 aliphatic carbocycles. The molecule has 0 spiro atoms. The molecule has 0 atom stereocenters. The third kappa shape index (κ3) is 5.14. The van der Waals surface area contributed by atoms with E-state index in [1.54, 1.807) is 22.8 Å². The Labute approximate surface area is 142 Å². The number of amides is 1. The molecular weight excluding hydrogens is 364 g/mol. The zero-order valence-corrected chi connectivity index (χ0v) is 14.2. The Balaban J connectivity index is 1.81. The van der Waals surface area contributed by atoms with E-state index in [2.05, 4.69) is 21.2 Å². The lowest BCUT2D eigenvalue weighted by molar-refractivity contribution is -0.139. The number of hydrogen-bond donors (Lipinski definition) is 2. The lowest BCUT2D eigenvalue weighted by atomic mass is 10.1. The summed E-state index contributed by atoms with van der Waals surface area (Å²) in [5.74, 6) is -0.627. The number of rotatable bonds is 7. The number of aliphatic carboxylic acids is 1. The highest BCUT2D eigenvalue weighted by Gasteiger charge is 2.10. The number of carbonyl (C=O) groups is 2. The molecule has 0 saturated carbocycles. The van der Waals surface area contributed by atoms with Crippen LogP contribution in [0.1, 0.15) is 16.1 Å². The molecule has 7 heteroatoms. The van der Waals surface area contributed by atoms with Crippen LogP contribution in [0.2, 0.25) is 0 Å². The van der Waals surface area contributed by atoms with E-state index in [0.717, 1.165) is 10.0 Å². The van der Waals surface area contributed by atoms with Crippen molar-refractivity contribution in [2.45, 2.75) is 6.42 Å². The van der Waals surface area contributed by atoms with E-state index < -0.39 is 5.97 Å². The summed E-state index contributed by atoms with van der Waals surface area (Å²) in [6.07, 6.45) is 2.50. The van der Waals surface area contributed by atoms with Gasteiger partial charge in [0.2, 0.25) is 0 Å². The standard InChI is InChI=1S/C16H17BrN2O4/c1-19-9-12(17)8-14(19)16(22)18-7-6-11-2-4-13(5-3-11)23-10-15(20)21/h2-5,8-9H,6-7,10H2,1H3,(H,18,22)(H,20,21). The number of halogens is 1. The predicted octanol–water partition coefficient (Wildman–Crippen LogP) is 2.22.